The molecule has 0 aliphatic heterocycles. The van der Waals surface area contributed by atoms with Crippen LogP contribution in [0.15, 0.2) is 30.3 Å². The predicted octanol–water partition coefficient (Wildman–Crippen LogP) is 3.93. The highest BCUT2D eigenvalue weighted by atomic mass is 16.3. The number of nitrogens with one attached hydrogen (secondary N) is 1. The molecule has 0 aromatic heterocycles. The number of rotatable bonds is 9. The summed E-state index contributed by atoms with van der Waals surface area (Å²) in [5, 5.41) is 13.4. The zero-order valence-corrected chi connectivity index (χ0v) is 13.5. The topological polar surface area (TPSA) is 32.3 Å². The van der Waals surface area contributed by atoms with E-state index in [4.69, 9.17) is 0 Å². The Morgan fingerprint density at radius 2 is 1.65 bits per heavy atom. The van der Waals surface area contributed by atoms with Gasteiger partial charge in [0.25, 0.3) is 0 Å². The number of aliphatic hydroxyl groups is 1. The Morgan fingerprint density at radius 1 is 1.05 bits per heavy atom. The average Bonchev–Trinajstić information content (AvgIpc) is 2.36. The molecular formula is C18H31NO. The lowest BCUT2D eigenvalue weighted by molar-refractivity contribution is 0.0674. The minimum absolute atomic E-state index is 0.517. The van der Waals surface area contributed by atoms with Gasteiger partial charge in [0.15, 0.2) is 0 Å². The lowest BCUT2D eigenvalue weighted by Gasteiger charge is -2.22. The first-order valence-corrected chi connectivity index (χ1v) is 7.89. The summed E-state index contributed by atoms with van der Waals surface area (Å²) in [5.74, 6) is 0. The van der Waals surface area contributed by atoms with E-state index in [1.165, 1.54) is 12.0 Å². The van der Waals surface area contributed by atoms with Crippen molar-refractivity contribution in [2.24, 2.45) is 0 Å². The molecule has 2 atom stereocenters. The van der Waals surface area contributed by atoms with Crippen LogP contribution in [0.3, 0.4) is 0 Å². The largest absolute Gasteiger partial charge is 0.390 e. The number of hydrogen-bond donors (Lipinski definition) is 2. The lowest BCUT2D eigenvalue weighted by Crippen LogP contribution is -2.35. The summed E-state index contributed by atoms with van der Waals surface area (Å²) in [7, 11) is 0. The quantitative estimate of drug-likeness (QED) is 0.717. The van der Waals surface area contributed by atoms with E-state index in [0.29, 0.717) is 12.1 Å². The highest BCUT2D eigenvalue weighted by Crippen LogP contribution is 2.13. The van der Waals surface area contributed by atoms with Gasteiger partial charge < -0.3 is 10.4 Å². The van der Waals surface area contributed by atoms with E-state index in [-0.39, 0.29) is 0 Å². The van der Waals surface area contributed by atoms with E-state index in [1.54, 1.807) is 0 Å². The fraction of sp³-hybridized carbons (Fsp3) is 0.667. The SMILES string of the molecule is C[C@H](CCc1ccccc1)N[C@@H](C)CCCC(C)(C)O. The molecule has 2 N–H and O–H groups in total. The standard InChI is InChI=1S/C18H31NO/c1-15(9-8-14-18(3,4)20)19-16(2)12-13-17-10-6-5-7-11-17/h5-7,10-11,15-16,19-20H,8-9,12-14H2,1-4H3/t15-,16+/m0/s1. The van der Waals surface area contributed by atoms with Crippen LogP contribution < -0.4 is 5.32 Å². The summed E-state index contributed by atoms with van der Waals surface area (Å²) < 4.78 is 0. The molecule has 0 aliphatic carbocycles. The van der Waals surface area contributed by atoms with Gasteiger partial charge in [0, 0.05) is 12.1 Å². The summed E-state index contributed by atoms with van der Waals surface area (Å²) in [6.45, 7) is 8.26. The van der Waals surface area contributed by atoms with Gasteiger partial charge in [-0.15, -0.1) is 0 Å². The maximum absolute atomic E-state index is 9.70. The van der Waals surface area contributed by atoms with Gasteiger partial charge in [-0.2, -0.15) is 0 Å². The molecule has 0 unspecified atom stereocenters. The summed E-state index contributed by atoms with van der Waals surface area (Å²) in [6, 6.07) is 11.7. The van der Waals surface area contributed by atoms with E-state index in [0.717, 1.165) is 25.7 Å². The van der Waals surface area contributed by atoms with Crippen LogP contribution in [-0.2, 0) is 6.42 Å². The molecule has 2 heteroatoms. The summed E-state index contributed by atoms with van der Waals surface area (Å²) in [4.78, 5) is 0. The zero-order chi connectivity index (χ0) is 15.0. The first-order valence-electron chi connectivity index (χ1n) is 7.89. The van der Waals surface area contributed by atoms with Gasteiger partial charge in [-0.1, -0.05) is 30.3 Å². The maximum atomic E-state index is 9.70. The van der Waals surface area contributed by atoms with Crippen LogP contribution >= 0.6 is 0 Å². The molecule has 0 amide bonds. The first kappa shape index (κ1) is 17.2. The molecular weight excluding hydrogens is 246 g/mol. The third kappa shape index (κ3) is 8.34. The molecule has 2 nitrogen and oxygen atoms in total. The van der Waals surface area contributed by atoms with Crippen molar-refractivity contribution in [1.29, 1.82) is 0 Å². The Labute approximate surface area is 124 Å². The van der Waals surface area contributed by atoms with Crippen molar-refractivity contribution in [2.45, 2.75) is 77.5 Å². The minimum atomic E-state index is -0.529. The molecule has 0 bridgehead atoms. The molecule has 0 saturated heterocycles. The number of hydrogen-bond acceptors (Lipinski definition) is 2. The number of benzene rings is 1. The molecule has 1 rings (SSSR count). The van der Waals surface area contributed by atoms with Gasteiger partial charge in [-0.3, -0.25) is 0 Å². The number of aryl methyl sites for hydroxylation is 1. The first-order chi connectivity index (χ1) is 9.37. The molecule has 0 aliphatic rings. The van der Waals surface area contributed by atoms with Crippen LogP contribution in [0.2, 0.25) is 0 Å². The third-order valence-electron chi connectivity index (χ3n) is 3.70. The van der Waals surface area contributed by atoms with E-state index >= 15 is 0 Å². The highest BCUT2D eigenvalue weighted by molar-refractivity contribution is 5.14. The van der Waals surface area contributed by atoms with Crippen molar-refractivity contribution in [3.8, 4) is 0 Å². The van der Waals surface area contributed by atoms with E-state index in [1.807, 2.05) is 13.8 Å². The Kier molecular flexibility index (Phi) is 7.25. The minimum Gasteiger partial charge on any atom is -0.390 e. The van der Waals surface area contributed by atoms with E-state index in [9.17, 15) is 5.11 Å². The van der Waals surface area contributed by atoms with E-state index in [2.05, 4.69) is 49.5 Å². The van der Waals surface area contributed by atoms with Crippen LogP contribution in [0, 0.1) is 0 Å². The maximum Gasteiger partial charge on any atom is 0.0591 e. The second-order valence-corrected chi connectivity index (χ2v) is 6.70. The van der Waals surface area contributed by atoms with Crippen molar-refractivity contribution in [3.05, 3.63) is 35.9 Å². The molecule has 1 aromatic carbocycles. The second kappa shape index (κ2) is 8.43. The normalized spacial score (nSPS) is 15.1. The smallest absolute Gasteiger partial charge is 0.0591 e. The highest BCUT2D eigenvalue weighted by Gasteiger charge is 2.13. The molecule has 0 spiro atoms. The fourth-order valence-electron chi connectivity index (χ4n) is 2.52. The molecule has 0 radical (unpaired) electrons. The molecule has 0 heterocycles. The Balaban J connectivity index is 2.16. The van der Waals surface area contributed by atoms with Crippen molar-refractivity contribution in [3.63, 3.8) is 0 Å². The molecule has 0 fully saturated rings. The van der Waals surface area contributed by atoms with Gasteiger partial charge in [0.05, 0.1) is 5.60 Å². The van der Waals surface area contributed by atoms with E-state index < -0.39 is 5.60 Å². The average molecular weight is 277 g/mol. The summed E-state index contributed by atoms with van der Waals surface area (Å²) in [5.41, 5.74) is 0.884. The van der Waals surface area contributed by atoms with Crippen LogP contribution in [0.4, 0.5) is 0 Å². The van der Waals surface area contributed by atoms with Crippen molar-refractivity contribution in [2.75, 3.05) is 0 Å². The van der Waals surface area contributed by atoms with Gasteiger partial charge in [0.1, 0.15) is 0 Å². The monoisotopic (exact) mass is 277 g/mol. The van der Waals surface area contributed by atoms with Gasteiger partial charge in [0.2, 0.25) is 0 Å². The van der Waals surface area contributed by atoms with Crippen LogP contribution in [0.25, 0.3) is 0 Å². The predicted molar refractivity (Wildman–Crippen MR) is 87.0 cm³/mol. The van der Waals surface area contributed by atoms with Gasteiger partial charge >= 0.3 is 0 Å². The molecule has 0 saturated carbocycles. The lowest BCUT2D eigenvalue weighted by atomic mass is 9.99. The van der Waals surface area contributed by atoms with Crippen LogP contribution in [0.5, 0.6) is 0 Å². The molecule has 20 heavy (non-hydrogen) atoms. The Hall–Kier alpha value is -0.860. The van der Waals surface area contributed by atoms with Crippen molar-refractivity contribution < 1.29 is 5.11 Å². The Morgan fingerprint density at radius 3 is 2.25 bits per heavy atom. The van der Waals surface area contributed by atoms with Gasteiger partial charge in [-0.25, -0.2) is 0 Å². The molecule has 1 aromatic rings. The Bertz CT molecular complexity index is 355. The second-order valence-electron chi connectivity index (χ2n) is 6.70. The van der Waals surface area contributed by atoms with Gasteiger partial charge in [-0.05, 0) is 65.4 Å². The summed E-state index contributed by atoms with van der Waals surface area (Å²) in [6.07, 6.45) is 5.37. The van der Waals surface area contributed by atoms with Crippen molar-refractivity contribution in [1.82, 2.24) is 5.32 Å². The third-order valence-corrected chi connectivity index (χ3v) is 3.70. The van der Waals surface area contributed by atoms with Crippen molar-refractivity contribution >= 4 is 0 Å². The van der Waals surface area contributed by atoms with Crippen LogP contribution in [0.1, 0.15) is 58.9 Å². The zero-order valence-electron chi connectivity index (χ0n) is 13.5. The van der Waals surface area contributed by atoms with Crippen LogP contribution in [-0.4, -0.2) is 22.8 Å². The molecule has 114 valence electrons. The summed E-state index contributed by atoms with van der Waals surface area (Å²) >= 11 is 0. The fourth-order valence-corrected chi connectivity index (χ4v) is 2.52.